The number of carbonyl (C=O) groups is 2. The summed E-state index contributed by atoms with van der Waals surface area (Å²) in [5, 5.41) is 9.39. The van der Waals surface area contributed by atoms with Crippen LogP contribution in [0.25, 0.3) is 0 Å². The second-order valence-corrected chi connectivity index (χ2v) is 6.16. The smallest absolute Gasteiger partial charge is 0.242 e. The molecule has 0 unspecified atom stereocenters. The first kappa shape index (κ1) is 16.2. The Morgan fingerprint density at radius 3 is 2.52 bits per heavy atom. The van der Waals surface area contributed by atoms with Crippen LogP contribution in [0.3, 0.4) is 0 Å². The summed E-state index contributed by atoms with van der Waals surface area (Å²) >= 11 is 0. The third kappa shape index (κ3) is 4.97. The van der Waals surface area contributed by atoms with Crippen molar-refractivity contribution in [3.63, 3.8) is 0 Å². The van der Waals surface area contributed by atoms with E-state index < -0.39 is 0 Å². The molecule has 0 aromatic heterocycles. The number of piperazine rings is 1. The number of β-amino-alcohol motifs (C(OH)–C–C–N with tert-alkyl or cyclic N) is 1. The van der Waals surface area contributed by atoms with Gasteiger partial charge in [0.05, 0.1) is 12.6 Å². The molecule has 2 fully saturated rings. The van der Waals surface area contributed by atoms with Crippen LogP contribution < -0.4 is 0 Å². The quantitative estimate of drug-likeness (QED) is 0.788. The lowest BCUT2D eigenvalue weighted by atomic mass is 10.2. The van der Waals surface area contributed by atoms with Gasteiger partial charge in [-0.05, 0) is 19.8 Å². The lowest BCUT2D eigenvalue weighted by molar-refractivity contribution is -0.141. The zero-order valence-corrected chi connectivity index (χ0v) is 13.0. The van der Waals surface area contributed by atoms with Gasteiger partial charge < -0.3 is 14.9 Å². The van der Waals surface area contributed by atoms with Gasteiger partial charge in [0.25, 0.3) is 0 Å². The number of carbonyl (C=O) groups excluding carboxylic acids is 2. The van der Waals surface area contributed by atoms with Gasteiger partial charge >= 0.3 is 0 Å². The normalized spacial score (nSPS) is 23.0. The number of hydrogen-bond donors (Lipinski definition) is 1. The number of hydrogen-bond acceptors (Lipinski definition) is 4. The van der Waals surface area contributed by atoms with Crippen LogP contribution in [0.4, 0.5) is 0 Å². The maximum Gasteiger partial charge on any atom is 0.242 e. The molecule has 2 aliphatic rings. The second kappa shape index (κ2) is 7.75. The molecule has 0 aromatic rings. The lowest BCUT2D eigenvalue weighted by Crippen LogP contribution is -2.52. The monoisotopic (exact) mass is 297 g/mol. The Balaban J connectivity index is 1.77. The number of rotatable bonds is 4. The van der Waals surface area contributed by atoms with E-state index in [2.05, 4.69) is 4.90 Å². The molecule has 1 N–H and O–H groups in total. The number of nitrogens with zero attached hydrogens (tertiary/aromatic N) is 3. The van der Waals surface area contributed by atoms with Crippen molar-refractivity contribution < 1.29 is 14.7 Å². The highest BCUT2D eigenvalue weighted by Gasteiger charge is 2.25. The van der Waals surface area contributed by atoms with Crippen LogP contribution in [-0.2, 0) is 9.59 Å². The highest BCUT2D eigenvalue weighted by molar-refractivity contribution is 5.85. The summed E-state index contributed by atoms with van der Waals surface area (Å²) in [7, 11) is 0. The van der Waals surface area contributed by atoms with Gasteiger partial charge in [-0.15, -0.1) is 0 Å². The van der Waals surface area contributed by atoms with Crippen LogP contribution in [-0.4, -0.2) is 83.5 Å². The van der Waals surface area contributed by atoms with Crippen molar-refractivity contribution in [1.29, 1.82) is 0 Å². The van der Waals surface area contributed by atoms with Crippen LogP contribution in [0.15, 0.2) is 0 Å². The Hall–Kier alpha value is -1.14. The molecule has 1 atom stereocenters. The largest absolute Gasteiger partial charge is 0.392 e. The van der Waals surface area contributed by atoms with E-state index in [0.717, 1.165) is 32.4 Å². The Labute approximate surface area is 126 Å². The van der Waals surface area contributed by atoms with E-state index in [0.29, 0.717) is 32.6 Å². The van der Waals surface area contributed by atoms with E-state index in [9.17, 15) is 14.7 Å². The minimum absolute atomic E-state index is 0.0574. The molecule has 2 amide bonds. The van der Waals surface area contributed by atoms with Crippen molar-refractivity contribution in [3.05, 3.63) is 0 Å². The summed E-state index contributed by atoms with van der Waals surface area (Å²) in [4.78, 5) is 30.0. The zero-order valence-electron chi connectivity index (χ0n) is 13.0. The average molecular weight is 297 g/mol. The van der Waals surface area contributed by atoms with Gasteiger partial charge in [-0.25, -0.2) is 0 Å². The number of aliphatic hydroxyl groups excluding tert-OH is 1. The molecule has 2 rings (SSSR count). The van der Waals surface area contributed by atoms with E-state index >= 15 is 0 Å². The first-order valence-electron chi connectivity index (χ1n) is 8.02. The molecule has 2 saturated heterocycles. The Kier molecular flexibility index (Phi) is 5.99. The summed E-state index contributed by atoms with van der Waals surface area (Å²) in [5.41, 5.74) is 0. The van der Waals surface area contributed by atoms with Gasteiger partial charge in [-0.1, -0.05) is 6.42 Å². The van der Waals surface area contributed by atoms with Gasteiger partial charge in [0, 0.05) is 45.7 Å². The van der Waals surface area contributed by atoms with Crippen LogP contribution >= 0.6 is 0 Å². The minimum atomic E-state index is -0.332. The third-order valence-corrected chi connectivity index (χ3v) is 4.24. The second-order valence-electron chi connectivity index (χ2n) is 6.16. The molecule has 0 aromatic carbocycles. The molecule has 0 saturated carbocycles. The third-order valence-electron chi connectivity index (χ3n) is 4.24. The first-order chi connectivity index (χ1) is 10.1. The fourth-order valence-electron chi connectivity index (χ4n) is 3.02. The Morgan fingerprint density at radius 2 is 1.86 bits per heavy atom. The summed E-state index contributed by atoms with van der Waals surface area (Å²) in [6, 6.07) is 0. The first-order valence-corrected chi connectivity index (χ1v) is 8.02. The Morgan fingerprint density at radius 1 is 1.14 bits per heavy atom. The lowest BCUT2D eigenvalue weighted by Gasteiger charge is -2.36. The topological polar surface area (TPSA) is 64.1 Å². The molecular formula is C15H27N3O3. The van der Waals surface area contributed by atoms with Crippen LogP contribution in [0.2, 0.25) is 0 Å². The van der Waals surface area contributed by atoms with E-state index in [1.165, 1.54) is 0 Å². The molecule has 0 radical (unpaired) electrons. The average Bonchev–Trinajstić information content (AvgIpc) is 2.64. The van der Waals surface area contributed by atoms with Crippen molar-refractivity contribution in [2.75, 3.05) is 45.8 Å². The molecule has 120 valence electrons. The van der Waals surface area contributed by atoms with E-state index in [4.69, 9.17) is 0 Å². The molecule has 0 aliphatic carbocycles. The van der Waals surface area contributed by atoms with Crippen molar-refractivity contribution in [3.8, 4) is 0 Å². The standard InChI is InChI=1S/C15H27N3O3/c1-13(19)11-16-7-9-17(10-8-16)15(21)12-18-6-4-2-3-5-14(18)20/h13,19H,2-12H2,1H3/t13-/m1/s1. The predicted octanol–water partition coefficient (Wildman–Crippen LogP) is -0.0860. The highest BCUT2D eigenvalue weighted by atomic mass is 16.3. The van der Waals surface area contributed by atoms with Crippen molar-refractivity contribution in [2.24, 2.45) is 0 Å². The van der Waals surface area contributed by atoms with Gasteiger partial charge in [0.2, 0.25) is 11.8 Å². The molecule has 2 aliphatic heterocycles. The summed E-state index contributed by atoms with van der Waals surface area (Å²) in [6.07, 6.45) is 3.27. The fourth-order valence-corrected chi connectivity index (χ4v) is 3.02. The van der Waals surface area contributed by atoms with Gasteiger partial charge in [0.15, 0.2) is 0 Å². The molecule has 21 heavy (non-hydrogen) atoms. The maximum absolute atomic E-state index is 12.3. The van der Waals surface area contributed by atoms with Crippen LogP contribution in [0, 0.1) is 0 Å². The summed E-state index contributed by atoms with van der Waals surface area (Å²) < 4.78 is 0. The molecule has 6 nitrogen and oxygen atoms in total. The summed E-state index contributed by atoms with van der Waals surface area (Å²) in [5.74, 6) is 0.176. The molecule has 6 heteroatoms. The molecular weight excluding hydrogens is 270 g/mol. The minimum Gasteiger partial charge on any atom is -0.392 e. The molecule has 2 heterocycles. The number of amides is 2. The number of likely N-dealkylation sites (tertiary alicyclic amines) is 1. The zero-order chi connectivity index (χ0) is 15.2. The molecule has 0 bridgehead atoms. The molecule has 0 spiro atoms. The SMILES string of the molecule is C[C@@H](O)CN1CCN(C(=O)CN2CCCCCC2=O)CC1. The van der Waals surface area contributed by atoms with E-state index in [1.54, 1.807) is 11.8 Å². The van der Waals surface area contributed by atoms with Crippen molar-refractivity contribution in [1.82, 2.24) is 14.7 Å². The summed E-state index contributed by atoms with van der Waals surface area (Å²) in [6.45, 7) is 6.35. The Bertz CT molecular complexity index is 365. The van der Waals surface area contributed by atoms with Crippen molar-refractivity contribution in [2.45, 2.75) is 38.7 Å². The van der Waals surface area contributed by atoms with Crippen molar-refractivity contribution >= 4 is 11.8 Å². The van der Waals surface area contributed by atoms with Gasteiger partial charge in [-0.2, -0.15) is 0 Å². The van der Waals surface area contributed by atoms with Crippen LogP contribution in [0.1, 0.15) is 32.6 Å². The highest BCUT2D eigenvalue weighted by Crippen LogP contribution is 2.12. The van der Waals surface area contributed by atoms with Gasteiger partial charge in [-0.3, -0.25) is 14.5 Å². The number of aliphatic hydroxyl groups is 1. The fraction of sp³-hybridized carbons (Fsp3) is 0.867. The van der Waals surface area contributed by atoms with Gasteiger partial charge in [0.1, 0.15) is 0 Å². The van der Waals surface area contributed by atoms with E-state index in [1.807, 2.05) is 4.90 Å². The van der Waals surface area contributed by atoms with Crippen LogP contribution in [0.5, 0.6) is 0 Å². The maximum atomic E-state index is 12.3. The predicted molar refractivity (Wildman–Crippen MR) is 79.7 cm³/mol. The van der Waals surface area contributed by atoms with E-state index in [-0.39, 0.29) is 24.5 Å².